The lowest BCUT2D eigenvalue weighted by Crippen LogP contribution is -2.32. The van der Waals surface area contributed by atoms with Crippen LogP contribution in [0.15, 0.2) is 29.9 Å². The third-order valence-electron chi connectivity index (χ3n) is 3.45. The van der Waals surface area contributed by atoms with Gasteiger partial charge in [0.15, 0.2) is 0 Å². The normalized spacial score (nSPS) is 17.2. The van der Waals surface area contributed by atoms with Gasteiger partial charge in [-0.15, -0.1) is 11.3 Å². The van der Waals surface area contributed by atoms with Crippen molar-refractivity contribution in [1.29, 1.82) is 5.26 Å². The maximum atomic E-state index is 12.2. The number of aromatic nitrogens is 2. The molecule has 1 atom stereocenters. The van der Waals surface area contributed by atoms with Crippen LogP contribution in [0.1, 0.15) is 17.0 Å². The minimum absolute atomic E-state index is 0.105. The van der Waals surface area contributed by atoms with Crippen LogP contribution >= 0.6 is 11.3 Å². The molecule has 112 valence electrons. The molecule has 1 amide bonds. The molecule has 0 radical (unpaired) electrons. The van der Waals surface area contributed by atoms with E-state index in [9.17, 15) is 4.79 Å². The van der Waals surface area contributed by atoms with Crippen molar-refractivity contribution in [3.63, 3.8) is 0 Å². The third kappa shape index (κ3) is 3.23. The third-order valence-corrected chi connectivity index (χ3v) is 4.33. The smallest absolute Gasteiger partial charge is 0.251 e. The molecule has 3 rings (SSSR count). The number of amides is 1. The van der Waals surface area contributed by atoms with E-state index < -0.39 is 0 Å². The zero-order valence-corrected chi connectivity index (χ0v) is 12.6. The first kappa shape index (κ1) is 14.5. The molecular formula is C15H14N4O2S. The van der Waals surface area contributed by atoms with E-state index in [4.69, 9.17) is 10.00 Å². The molecule has 1 aliphatic rings. The van der Waals surface area contributed by atoms with Crippen LogP contribution in [0, 0.1) is 11.3 Å². The van der Waals surface area contributed by atoms with Gasteiger partial charge in [-0.2, -0.15) is 5.26 Å². The highest BCUT2D eigenvalue weighted by atomic mass is 32.1. The topological polar surface area (TPSA) is 79.1 Å². The van der Waals surface area contributed by atoms with E-state index in [-0.39, 0.29) is 23.6 Å². The summed E-state index contributed by atoms with van der Waals surface area (Å²) in [5, 5.41) is 10.9. The molecule has 1 saturated heterocycles. The second kappa shape index (κ2) is 6.54. The van der Waals surface area contributed by atoms with Gasteiger partial charge in [-0.25, -0.2) is 9.97 Å². The molecule has 6 nitrogen and oxygen atoms in total. The predicted octanol–water partition coefficient (Wildman–Crippen LogP) is 1.63. The fourth-order valence-corrected chi connectivity index (χ4v) is 3.07. The molecule has 1 aliphatic heterocycles. The largest absolute Gasteiger partial charge is 0.470 e. The van der Waals surface area contributed by atoms with Crippen molar-refractivity contribution in [3.8, 4) is 11.9 Å². The summed E-state index contributed by atoms with van der Waals surface area (Å²) in [5.74, 6) is 0.343. The molecular weight excluding hydrogens is 300 g/mol. The van der Waals surface area contributed by atoms with Gasteiger partial charge in [0.2, 0.25) is 11.6 Å². The zero-order chi connectivity index (χ0) is 15.4. The van der Waals surface area contributed by atoms with Gasteiger partial charge < -0.3 is 9.64 Å². The number of nitrogens with zero attached hydrogens (tertiary/aromatic N) is 4. The number of likely N-dealkylation sites (tertiary alicyclic amines) is 1. The van der Waals surface area contributed by atoms with Crippen molar-refractivity contribution >= 4 is 17.2 Å². The first-order valence-electron chi connectivity index (χ1n) is 6.94. The number of carbonyl (C=O) groups is 1. The van der Waals surface area contributed by atoms with Crippen LogP contribution < -0.4 is 4.74 Å². The van der Waals surface area contributed by atoms with Gasteiger partial charge in [0, 0.05) is 30.2 Å². The lowest BCUT2D eigenvalue weighted by atomic mass is 10.3. The molecule has 3 heterocycles. The Labute approximate surface area is 132 Å². The Hall–Kier alpha value is -2.46. The summed E-state index contributed by atoms with van der Waals surface area (Å²) in [6.07, 6.45) is 3.97. The van der Waals surface area contributed by atoms with Gasteiger partial charge >= 0.3 is 0 Å². The highest BCUT2D eigenvalue weighted by molar-refractivity contribution is 7.10. The fraction of sp³-hybridized carbons (Fsp3) is 0.333. The van der Waals surface area contributed by atoms with Crippen LogP contribution in [0.25, 0.3) is 0 Å². The van der Waals surface area contributed by atoms with Crippen LogP contribution in [0.3, 0.4) is 0 Å². The van der Waals surface area contributed by atoms with E-state index >= 15 is 0 Å². The Kier molecular flexibility index (Phi) is 4.30. The first-order valence-corrected chi connectivity index (χ1v) is 7.82. The van der Waals surface area contributed by atoms with Crippen molar-refractivity contribution in [2.45, 2.75) is 18.9 Å². The second-order valence-corrected chi connectivity index (χ2v) is 5.98. The molecule has 0 unspecified atom stereocenters. The molecule has 0 saturated carbocycles. The monoisotopic (exact) mass is 314 g/mol. The van der Waals surface area contributed by atoms with Crippen LogP contribution in [0.4, 0.5) is 0 Å². The highest BCUT2D eigenvalue weighted by Gasteiger charge is 2.28. The Morgan fingerprint density at radius 3 is 3.14 bits per heavy atom. The van der Waals surface area contributed by atoms with Crippen molar-refractivity contribution in [3.05, 3.63) is 40.5 Å². The molecule has 0 bridgehead atoms. The van der Waals surface area contributed by atoms with Crippen molar-refractivity contribution < 1.29 is 9.53 Å². The summed E-state index contributed by atoms with van der Waals surface area (Å²) in [7, 11) is 0. The number of rotatable bonds is 4. The molecule has 0 N–H and O–H groups in total. The standard InChI is InChI=1S/C15H14N4O2S/c16-9-13-15(18-5-4-17-13)21-11-3-6-19(10-11)14(20)8-12-2-1-7-22-12/h1-2,4-5,7,11H,3,6,8,10H2/t11-/m0/s1. The maximum absolute atomic E-state index is 12.2. The molecule has 2 aromatic heterocycles. The number of thiophene rings is 1. The van der Waals surface area contributed by atoms with Crippen molar-refractivity contribution in [1.82, 2.24) is 14.9 Å². The van der Waals surface area contributed by atoms with Gasteiger partial charge in [-0.05, 0) is 11.4 Å². The SMILES string of the molecule is N#Cc1nccnc1O[C@H]1CCN(C(=O)Cc2cccs2)C1. The zero-order valence-electron chi connectivity index (χ0n) is 11.8. The van der Waals surface area contributed by atoms with Gasteiger partial charge in [0.05, 0.1) is 13.0 Å². The van der Waals surface area contributed by atoms with Crippen LogP contribution in [0.2, 0.25) is 0 Å². The molecule has 1 fully saturated rings. The Morgan fingerprint density at radius 2 is 2.36 bits per heavy atom. The van der Waals surface area contributed by atoms with Gasteiger partial charge in [-0.1, -0.05) is 6.07 Å². The van der Waals surface area contributed by atoms with E-state index in [2.05, 4.69) is 9.97 Å². The quantitative estimate of drug-likeness (QED) is 0.857. The number of nitriles is 1. The lowest BCUT2D eigenvalue weighted by molar-refractivity contribution is -0.129. The van der Waals surface area contributed by atoms with Crippen LogP contribution in [0.5, 0.6) is 5.88 Å². The molecule has 0 aromatic carbocycles. The average Bonchev–Trinajstić information content (AvgIpc) is 3.19. The first-order chi connectivity index (χ1) is 10.8. The highest BCUT2D eigenvalue weighted by Crippen LogP contribution is 2.19. The van der Waals surface area contributed by atoms with E-state index in [1.54, 1.807) is 16.2 Å². The average molecular weight is 314 g/mol. The molecule has 0 aliphatic carbocycles. The summed E-state index contributed by atoms with van der Waals surface area (Å²) >= 11 is 1.59. The van der Waals surface area contributed by atoms with Crippen LogP contribution in [-0.2, 0) is 11.2 Å². The molecule has 22 heavy (non-hydrogen) atoms. The van der Waals surface area contributed by atoms with Gasteiger partial charge in [0.25, 0.3) is 5.88 Å². The summed E-state index contributed by atoms with van der Waals surface area (Å²) < 4.78 is 5.73. The fourth-order valence-electron chi connectivity index (χ4n) is 2.37. The van der Waals surface area contributed by atoms with Gasteiger partial charge in [-0.3, -0.25) is 4.79 Å². The molecule has 2 aromatic rings. The summed E-state index contributed by atoms with van der Waals surface area (Å²) in [6, 6.07) is 5.86. The van der Waals surface area contributed by atoms with E-state index in [0.29, 0.717) is 19.5 Å². The molecule has 0 spiro atoms. The minimum atomic E-state index is -0.143. The number of hydrogen-bond acceptors (Lipinski definition) is 6. The van der Waals surface area contributed by atoms with Crippen LogP contribution in [-0.4, -0.2) is 40.0 Å². The predicted molar refractivity (Wildman–Crippen MR) is 80.4 cm³/mol. The Bertz CT molecular complexity index is 696. The van der Waals surface area contributed by atoms with Gasteiger partial charge in [0.1, 0.15) is 12.2 Å². The van der Waals surface area contributed by atoms with E-state index in [1.807, 2.05) is 23.6 Å². The summed E-state index contributed by atoms with van der Waals surface area (Å²) in [6.45, 7) is 1.18. The van der Waals surface area contributed by atoms with E-state index in [0.717, 1.165) is 11.3 Å². The number of hydrogen-bond donors (Lipinski definition) is 0. The Balaban J connectivity index is 1.58. The maximum Gasteiger partial charge on any atom is 0.251 e. The Morgan fingerprint density at radius 1 is 1.50 bits per heavy atom. The molecule has 7 heteroatoms. The van der Waals surface area contributed by atoms with E-state index in [1.165, 1.54) is 12.4 Å². The van der Waals surface area contributed by atoms with Crippen molar-refractivity contribution in [2.24, 2.45) is 0 Å². The lowest BCUT2D eigenvalue weighted by Gasteiger charge is -2.16. The number of ether oxygens (including phenoxy) is 1. The minimum Gasteiger partial charge on any atom is -0.470 e. The number of carbonyl (C=O) groups excluding carboxylic acids is 1. The summed E-state index contributed by atoms with van der Waals surface area (Å²) in [5.41, 5.74) is 0.172. The summed E-state index contributed by atoms with van der Waals surface area (Å²) in [4.78, 5) is 23.0. The van der Waals surface area contributed by atoms with Crippen molar-refractivity contribution in [2.75, 3.05) is 13.1 Å². The second-order valence-electron chi connectivity index (χ2n) is 4.95.